The highest BCUT2D eigenvalue weighted by atomic mass is 35.5. The van der Waals surface area contributed by atoms with Crippen LogP contribution < -0.4 is 5.32 Å². The molecule has 0 aliphatic heterocycles. The van der Waals surface area contributed by atoms with Crippen LogP contribution in [-0.4, -0.2) is 27.1 Å². The highest BCUT2D eigenvalue weighted by Crippen LogP contribution is 2.17. The summed E-state index contributed by atoms with van der Waals surface area (Å²) >= 11 is 7.60. The number of thioether (sulfide) groups is 1. The van der Waals surface area contributed by atoms with E-state index in [1.807, 2.05) is 42.8 Å². The summed E-state index contributed by atoms with van der Waals surface area (Å²) in [6, 6.07) is 7.72. The monoisotopic (exact) mass is 282 g/mol. The Labute approximate surface area is 116 Å². The van der Waals surface area contributed by atoms with Gasteiger partial charge in [-0.1, -0.05) is 29.4 Å². The third-order valence-corrected chi connectivity index (χ3v) is 3.80. The summed E-state index contributed by atoms with van der Waals surface area (Å²) in [5, 5.41) is 13.1. The van der Waals surface area contributed by atoms with Crippen molar-refractivity contribution in [3.05, 3.63) is 35.1 Å². The topological polar surface area (TPSA) is 42.7 Å². The van der Waals surface area contributed by atoms with E-state index >= 15 is 0 Å². The van der Waals surface area contributed by atoms with Gasteiger partial charge < -0.3 is 9.88 Å². The van der Waals surface area contributed by atoms with Crippen molar-refractivity contribution in [3.63, 3.8) is 0 Å². The lowest BCUT2D eigenvalue weighted by Gasteiger charge is -2.06. The minimum absolute atomic E-state index is 0.747. The number of rotatable bonds is 5. The number of hydrogen-bond acceptors (Lipinski definition) is 4. The number of hydrogen-bond donors (Lipinski definition) is 1. The molecule has 2 rings (SSSR count). The number of aromatic nitrogens is 3. The zero-order chi connectivity index (χ0) is 13.0. The Bertz CT molecular complexity index is 527. The molecule has 1 aromatic heterocycles. The van der Waals surface area contributed by atoms with Crippen molar-refractivity contribution in [1.82, 2.24) is 14.8 Å². The second-order valence-corrected chi connectivity index (χ2v) is 5.37. The molecule has 0 aliphatic rings. The standard InChI is InChI=1S/C12H15ClN4S/c1-9-15-16-12(17(9)2)18-7-6-14-11-5-3-4-10(13)8-11/h3-5,8,14H,6-7H2,1-2H3. The van der Waals surface area contributed by atoms with Gasteiger partial charge in [-0.2, -0.15) is 0 Å². The minimum Gasteiger partial charge on any atom is -0.384 e. The second-order valence-electron chi connectivity index (χ2n) is 3.87. The van der Waals surface area contributed by atoms with Gasteiger partial charge in [0, 0.05) is 30.1 Å². The molecule has 0 aliphatic carbocycles. The van der Waals surface area contributed by atoms with E-state index < -0.39 is 0 Å². The first-order valence-corrected chi connectivity index (χ1v) is 7.01. The number of anilines is 1. The smallest absolute Gasteiger partial charge is 0.191 e. The molecule has 0 spiro atoms. The molecule has 0 unspecified atom stereocenters. The molecule has 96 valence electrons. The zero-order valence-corrected chi connectivity index (χ0v) is 11.9. The molecular weight excluding hydrogens is 268 g/mol. The maximum absolute atomic E-state index is 5.91. The Hall–Kier alpha value is -1.20. The van der Waals surface area contributed by atoms with Crippen molar-refractivity contribution >= 4 is 29.1 Å². The first-order chi connectivity index (χ1) is 8.66. The SMILES string of the molecule is Cc1nnc(SCCNc2cccc(Cl)c2)n1C. The summed E-state index contributed by atoms with van der Waals surface area (Å²) in [6.07, 6.45) is 0. The van der Waals surface area contributed by atoms with Gasteiger partial charge in [0.05, 0.1) is 0 Å². The maximum Gasteiger partial charge on any atom is 0.191 e. The van der Waals surface area contributed by atoms with Crippen LogP contribution in [0.4, 0.5) is 5.69 Å². The third kappa shape index (κ3) is 3.40. The van der Waals surface area contributed by atoms with Crippen LogP contribution in [0.15, 0.2) is 29.4 Å². The molecule has 0 fully saturated rings. The van der Waals surface area contributed by atoms with Gasteiger partial charge in [0.2, 0.25) is 0 Å². The Kier molecular flexibility index (Phi) is 4.49. The van der Waals surface area contributed by atoms with Crippen LogP contribution in [-0.2, 0) is 7.05 Å². The first-order valence-electron chi connectivity index (χ1n) is 5.65. The molecule has 0 saturated heterocycles. The van der Waals surface area contributed by atoms with Gasteiger partial charge in [-0.25, -0.2) is 0 Å². The van der Waals surface area contributed by atoms with Gasteiger partial charge in [-0.05, 0) is 25.1 Å². The fourth-order valence-electron chi connectivity index (χ4n) is 1.45. The average Bonchev–Trinajstić information content (AvgIpc) is 2.66. The molecule has 18 heavy (non-hydrogen) atoms. The minimum atomic E-state index is 0.747. The predicted molar refractivity (Wildman–Crippen MR) is 76.4 cm³/mol. The number of aryl methyl sites for hydroxylation is 1. The van der Waals surface area contributed by atoms with Gasteiger partial charge in [0.25, 0.3) is 0 Å². The predicted octanol–water partition coefficient (Wildman–Crippen LogP) is 2.98. The van der Waals surface area contributed by atoms with Crippen LogP contribution in [0.1, 0.15) is 5.82 Å². The van der Waals surface area contributed by atoms with Crippen LogP contribution in [0.5, 0.6) is 0 Å². The summed E-state index contributed by atoms with van der Waals surface area (Å²) in [5.41, 5.74) is 1.04. The van der Waals surface area contributed by atoms with E-state index in [1.165, 1.54) is 0 Å². The number of benzene rings is 1. The Morgan fingerprint density at radius 2 is 2.22 bits per heavy atom. The van der Waals surface area contributed by atoms with Crippen molar-refractivity contribution in [2.45, 2.75) is 12.1 Å². The van der Waals surface area contributed by atoms with E-state index in [9.17, 15) is 0 Å². The Morgan fingerprint density at radius 3 is 2.89 bits per heavy atom. The molecule has 1 N–H and O–H groups in total. The average molecular weight is 283 g/mol. The molecule has 6 heteroatoms. The van der Waals surface area contributed by atoms with Crippen LogP contribution in [0.25, 0.3) is 0 Å². The first kappa shape index (κ1) is 13.2. The molecule has 0 bridgehead atoms. The molecule has 0 radical (unpaired) electrons. The second kappa shape index (κ2) is 6.11. The van der Waals surface area contributed by atoms with Gasteiger partial charge >= 0.3 is 0 Å². The number of nitrogens with one attached hydrogen (secondary N) is 1. The van der Waals surface area contributed by atoms with E-state index in [1.54, 1.807) is 11.8 Å². The van der Waals surface area contributed by atoms with Gasteiger partial charge in [-0.3, -0.25) is 0 Å². The van der Waals surface area contributed by atoms with Crippen LogP contribution in [0.2, 0.25) is 5.02 Å². The van der Waals surface area contributed by atoms with E-state index in [0.717, 1.165) is 34.0 Å². The van der Waals surface area contributed by atoms with Crippen molar-refractivity contribution in [3.8, 4) is 0 Å². The summed E-state index contributed by atoms with van der Waals surface area (Å²) < 4.78 is 1.99. The lowest BCUT2D eigenvalue weighted by molar-refractivity contribution is 0.765. The largest absolute Gasteiger partial charge is 0.384 e. The van der Waals surface area contributed by atoms with E-state index in [2.05, 4.69) is 15.5 Å². The summed E-state index contributed by atoms with van der Waals surface area (Å²) in [7, 11) is 1.97. The van der Waals surface area contributed by atoms with Gasteiger partial charge in [0.1, 0.15) is 5.82 Å². The molecule has 1 aromatic carbocycles. The number of nitrogens with zero attached hydrogens (tertiary/aromatic N) is 3. The lowest BCUT2D eigenvalue weighted by atomic mass is 10.3. The highest BCUT2D eigenvalue weighted by molar-refractivity contribution is 7.99. The zero-order valence-electron chi connectivity index (χ0n) is 10.4. The lowest BCUT2D eigenvalue weighted by Crippen LogP contribution is -2.05. The van der Waals surface area contributed by atoms with Crippen molar-refractivity contribution in [1.29, 1.82) is 0 Å². The molecule has 1 heterocycles. The molecule has 0 saturated carbocycles. The number of halogens is 1. The van der Waals surface area contributed by atoms with Crippen LogP contribution in [0, 0.1) is 6.92 Å². The fourth-order valence-corrected chi connectivity index (χ4v) is 2.45. The molecule has 0 atom stereocenters. The van der Waals surface area contributed by atoms with Gasteiger partial charge in [-0.15, -0.1) is 10.2 Å². The van der Waals surface area contributed by atoms with E-state index in [0.29, 0.717) is 0 Å². The Morgan fingerprint density at radius 1 is 1.39 bits per heavy atom. The highest BCUT2D eigenvalue weighted by Gasteiger charge is 2.04. The van der Waals surface area contributed by atoms with Crippen LogP contribution >= 0.6 is 23.4 Å². The summed E-state index contributed by atoms with van der Waals surface area (Å²) in [4.78, 5) is 0. The summed E-state index contributed by atoms with van der Waals surface area (Å²) in [6.45, 7) is 2.80. The quantitative estimate of drug-likeness (QED) is 0.676. The molecule has 2 aromatic rings. The fraction of sp³-hybridized carbons (Fsp3) is 0.333. The normalized spacial score (nSPS) is 10.6. The van der Waals surface area contributed by atoms with Crippen LogP contribution in [0.3, 0.4) is 0 Å². The molecule has 0 amide bonds. The molecule has 4 nitrogen and oxygen atoms in total. The third-order valence-electron chi connectivity index (χ3n) is 2.54. The maximum atomic E-state index is 5.91. The van der Waals surface area contributed by atoms with E-state index in [-0.39, 0.29) is 0 Å². The van der Waals surface area contributed by atoms with Crippen molar-refractivity contribution in [2.75, 3.05) is 17.6 Å². The summed E-state index contributed by atoms with van der Waals surface area (Å²) in [5.74, 6) is 1.86. The Balaban J connectivity index is 1.78. The van der Waals surface area contributed by atoms with E-state index in [4.69, 9.17) is 11.6 Å². The van der Waals surface area contributed by atoms with Crippen molar-refractivity contribution in [2.24, 2.45) is 7.05 Å². The molecular formula is C12H15ClN4S. The van der Waals surface area contributed by atoms with Gasteiger partial charge in [0.15, 0.2) is 5.16 Å². The van der Waals surface area contributed by atoms with Crippen molar-refractivity contribution < 1.29 is 0 Å².